The number of ether oxygens (including phenoxy) is 1. The van der Waals surface area contributed by atoms with E-state index in [9.17, 15) is 4.79 Å². The van der Waals surface area contributed by atoms with Crippen molar-refractivity contribution in [1.29, 1.82) is 0 Å². The van der Waals surface area contributed by atoms with Crippen molar-refractivity contribution in [3.8, 4) is 0 Å². The molecular weight excluding hydrogens is 256 g/mol. The normalized spacial score (nSPS) is 19.6. The molecule has 1 atom stereocenters. The minimum Gasteiger partial charge on any atom is -0.376 e. The molecule has 5 heteroatoms. The Hall–Kier alpha value is -1.36. The molecule has 0 spiro atoms. The maximum Gasteiger partial charge on any atom is 0.276 e. The molecule has 20 heavy (non-hydrogen) atoms. The van der Waals surface area contributed by atoms with E-state index < -0.39 is 0 Å². The van der Waals surface area contributed by atoms with Gasteiger partial charge in [-0.05, 0) is 19.3 Å². The molecule has 1 aromatic heterocycles. The topological polar surface area (TPSA) is 55.6 Å². The van der Waals surface area contributed by atoms with E-state index in [4.69, 9.17) is 9.26 Å². The highest BCUT2D eigenvalue weighted by molar-refractivity contribution is 5.92. The summed E-state index contributed by atoms with van der Waals surface area (Å²) >= 11 is 0. The van der Waals surface area contributed by atoms with Gasteiger partial charge < -0.3 is 14.2 Å². The predicted molar refractivity (Wildman–Crippen MR) is 75.8 cm³/mol. The van der Waals surface area contributed by atoms with Gasteiger partial charge >= 0.3 is 0 Å². The first-order chi connectivity index (χ1) is 9.61. The Morgan fingerprint density at radius 1 is 1.60 bits per heavy atom. The monoisotopic (exact) mass is 280 g/mol. The van der Waals surface area contributed by atoms with E-state index in [1.807, 2.05) is 18.7 Å². The van der Waals surface area contributed by atoms with E-state index >= 15 is 0 Å². The van der Waals surface area contributed by atoms with Gasteiger partial charge in [-0.1, -0.05) is 25.9 Å². The van der Waals surface area contributed by atoms with Gasteiger partial charge in [-0.3, -0.25) is 4.79 Å². The second-order valence-corrected chi connectivity index (χ2v) is 5.66. The zero-order valence-corrected chi connectivity index (χ0v) is 12.6. The SMILES string of the molecule is CCCO[C@H]1CCCN(C(=O)c2cc(C(C)C)on2)C1. The third-order valence-electron chi connectivity index (χ3n) is 3.54. The molecule has 112 valence electrons. The van der Waals surface area contributed by atoms with Gasteiger partial charge in [0.1, 0.15) is 5.76 Å². The van der Waals surface area contributed by atoms with Gasteiger partial charge in [0.15, 0.2) is 5.69 Å². The third-order valence-corrected chi connectivity index (χ3v) is 3.54. The molecule has 1 aliphatic rings. The number of nitrogens with zero attached hydrogens (tertiary/aromatic N) is 2. The number of aromatic nitrogens is 1. The first kappa shape index (κ1) is 15.0. The standard InChI is InChI=1S/C15H24N2O3/c1-4-8-19-12-6-5-7-17(10-12)15(18)13-9-14(11(2)3)20-16-13/h9,11-12H,4-8,10H2,1-3H3/t12-/m0/s1. The summed E-state index contributed by atoms with van der Waals surface area (Å²) < 4.78 is 11.0. The Kier molecular flexibility index (Phi) is 5.17. The Bertz CT molecular complexity index is 442. The zero-order valence-electron chi connectivity index (χ0n) is 12.6. The van der Waals surface area contributed by atoms with Crippen LogP contribution in [0, 0.1) is 0 Å². The first-order valence-corrected chi connectivity index (χ1v) is 7.49. The molecule has 0 aromatic carbocycles. The van der Waals surface area contributed by atoms with Gasteiger partial charge in [0, 0.05) is 31.7 Å². The molecule has 5 nitrogen and oxygen atoms in total. The number of likely N-dealkylation sites (tertiary alicyclic amines) is 1. The zero-order chi connectivity index (χ0) is 14.5. The van der Waals surface area contributed by atoms with E-state index in [1.54, 1.807) is 6.07 Å². The van der Waals surface area contributed by atoms with E-state index in [2.05, 4.69) is 12.1 Å². The number of carbonyl (C=O) groups excluding carboxylic acids is 1. The molecule has 2 rings (SSSR count). The lowest BCUT2D eigenvalue weighted by Gasteiger charge is -2.32. The van der Waals surface area contributed by atoms with Crippen molar-refractivity contribution in [3.05, 3.63) is 17.5 Å². The van der Waals surface area contributed by atoms with Crippen LogP contribution in [-0.4, -0.2) is 41.8 Å². The van der Waals surface area contributed by atoms with Gasteiger partial charge in [0.25, 0.3) is 5.91 Å². The average molecular weight is 280 g/mol. The summed E-state index contributed by atoms with van der Waals surface area (Å²) in [5, 5.41) is 3.89. The molecule has 2 heterocycles. The predicted octanol–water partition coefficient (Wildman–Crippen LogP) is 2.83. The van der Waals surface area contributed by atoms with Crippen molar-refractivity contribution in [2.45, 2.75) is 52.1 Å². The summed E-state index contributed by atoms with van der Waals surface area (Å²) in [6.45, 7) is 8.31. The molecule has 0 radical (unpaired) electrons. The number of hydrogen-bond donors (Lipinski definition) is 0. The highest BCUT2D eigenvalue weighted by Gasteiger charge is 2.27. The smallest absolute Gasteiger partial charge is 0.276 e. The van der Waals surface area contributed by atoms with E-state index in [0.29, 0.717) is 12.2 Å². The molecule has 1 aliphatic heterocycles. The van der Waals surface area contributed by atoms with Gasteiger partial charge in [-0.25, -0.2) is 0 Å². The largest absolute Gasteiger partial charge is 0.376 e. The minimum absolute atomic E-state index is 0.0505. The highest BCUT2D eigenvalue weighted by Crippen LogP contribution is 2.19. The average Bonchev–Trinajstić information content (AvgIpc) is 2.94. The number of piperidine rings is 1. The summed E-state index contributed by atoms with van der Waals surface area (Å²) in [6, 6.07) is 1.75. The number of amides is 1. The van der Waals surface area contributed by atoms with Crippen molar-refractivity contribution in [2.75, 3.05) is 19.7 Å². The van der Waals surface area contributed by atoms with E-state index in [-0.39, 0.29) is 17.9 Å². The van der Waals surface area contributed by atoms with Gasteiger partial charge in [0.2, 0.25) is 0 Å². The van der Waals surface area contributed by atoms with Crippen molar-refractivity contribution in [3.63, 3.8) is 0 Å². The van der Waals surface area contributed by atoms with Crippen LogP contribution in [0.2, 0.25) is 0 Å². The van der Waals surface area contributed by atoms with Crippen LogP contribution >= 0.6 is 0 Å². The molecule has 0 unspecified atom stereocenters. The minimum atomic E-state index is -0.0505. The fourth-order valence-corrected chi connectivity index (χ4v) is 2.37. The van der Waals surface area contributed by atoms with Crippen LogP contribution in [0.1, 0.15) is 62.2 Å². The van der Waals surface area contributed by atoms with Crippen LogP contribution in [0.5, 0.6) is 0 Å². The van der Waals surface area contributed by atoms with Crippen LogP contribution in [0.15, 0.2) is 10.6 Å². The number of rotatable bonds is 5. The molecule has 1 saturated heterocycles. The summed E-state index contributed by atoms with van der Waals surface area (Å²) in [4.78, 5) is 14.2. The molecule has 1 aromatic rings. The maximum absolute atomic E-state index is 12.4. The Labute approximate surface area is 120 Å². The number of carbonyl (C=O) groups is 1. The Morgan fingerprint density at radius 2 is 2.40 bits per heavy atom. The van der Waals surface area contributed by atoms with Gasteiger partial charge in [-0.15, -0.1) is 0 Å². The Balaban J connectivity index is 1.97. The van der Waals surface area contributed by atoms with E-state index in [0.717, 1.165) is 38.2 Å². The van der Waals surface area contributed by atoms with Gasteiger partial charge in [0.05, 0.1) is 6.10 Å². The third kappa shape index (κ3) is 3.60. The molecule has 0 bridgehead atoms. The highest BCUT2D eigenvalue weighted by atomic mass is 16.5. The van der Waals surface area contributed by atoms with Crippen LogP contribution < -0.4 is 0 Å². The maximum atomic E-state index is 12.4. The summed E-state index contributed by atoms with van der Waals surface area (Å²) in [5.74, 6) is 0.945. The van der Waals surface area contributed by atoms with Crippen LogP contribution in [0.3, 0.4) is 0 Å². The quantitative estimate of drug-likeness (QED) is 0.832. The molecule has 1 fully saturated rings. The number of hydrogen-bond acceptors (Lipinski definition) is 4. The Morgan fingerprint density at radius 3 is 3.05 bits per heavy atom. The summed E-state index contributed by atoms with van der Waals surface area (Å²) in [6.07, 6.45) is 3.17. The van der Waals surface area contributed by atoms with Crippen molar-refractivity contribution >= 4 is 5.91 Å². The molecule has 0 aliphatic carbocycles. The van der Waals surface area contributed by atoms with Crippen LogP contribution in [0.25, 0.3) is 0 Å². The molecule has 0 N–H and O–H groups in total. The fraction of sp³-hybridized carbons (Fsp3) is 0.733. The summed E-state index contributed by atoms with van der Waals surface area (Å²) in [7, 11) is 0. The lowest BCUT2D eigenvalue weighted by atomic mass is 10.1. The molecule has 0 saturated carbocycles. The first-order valence-electron chi connectivity index (χ1n) is 7.49. The second kappa shape index (κ2) is 6.88. The fourth-order valence-electron chi connectivity index (χ4n) is 2.37. The van der Waals surface area contributed by atoms with E-state index in [1.165, 1.54) is 0 Å². The van der Waals surface area contributed by atoms with Crippen molar-refractivity contribution < 1.29 is 14.1 Å². The lowest BCUT2D eigenvalue weighted by Crippen LogP contribution is -2.43. The lowest BCUT2D eigenvalue weighted by molar-refractivity contribution is 0.00180. The summed E-state index contributed by atoms with van der Waals surface area (Å²) in [5.41, 5.74) is 0.407. The van der Waals surface area contributed by atoms with Crippen molar-refractivity contribution in [2.24, 2.45) is 0 Å². The van der Waals surface area contributed by atoms with Crippen LogP contribution in [0.4, 0.5) is 0 Å². The van der Waals surface area contributed by atoms with Gasteiger partial charge in [-0.2, -0.15) is 0 Å². The van der Waals surface area contributed by atoms with Crippen LogP contribution in [-0.2, 0) is 4.74 Å². The molecular formula is C15H24N2O3. The second-order valence-electron chi connectivity index (χ2n) is 5.66. The molecule has 1 amide bonds. The van der Waals surface area contributed by atoms with Crippen molar-refractivity contribution in [1.82, 2.24) is 10.1 Å².